The van der Waals surface area contributed by atoms with Crippen LogP contribution in [0.25, 0.3) is 28.4 Å². The molecule has 1 aliphatic rings. The molecular formula is C32H22N2O5. The minimum Gasteiger partial charge on any atom is -0.465 e. The summed E-state index contributed by atoms with van der Waals surface area (Å²) in [4.78, 5) is 44.3. The van der Waals surface area contributed by atoms with Gasteiger partial charge in [-0.1, -0.05) is 60.7 Å². The molecule has 7 heteroatoms. The first kappa shape index (κ1) is 24.1. The number of fused-ring (bicyclic) bond motifs is 4. The number of ketones is 1. The Morgan fingerprint density at radius 3 is 2.18 bits per heavy atom. The molecule has 5 aromatic rings. The number of esters is 2. The van der Waals surface area contributed by atoms with Gasteiger partial charge < -0.3 is 13.9 Å². The van der Waals surface area contributed by atoms with Gasteiger partial charge in [-0.2, -0.15) is 0 Å². The molecule has 0 saturated carbocycles. The molecule has 0 bridgehead atoms. The monoisotopic (exact) mass is 514 g/mol. The second-order valence-corrected chi connectivity index (χ2v) is 9.00. The fraction of sp³-hybridized carbons (Fsp3) is 0.0625. The van der Waals surface area contributed by atoms with Crippen LogP contribution in [0.5, 0.6) is 0 Å². The van der Waals surface area contributed by atoms with E-state index in [1.807, 2.05) is 48.5 Å². The molecule has 0 N–H and O–H groups in total. The molecule has 190 valence electrons. The fourth-order valence-corrected chi connectivity index (χ4v) is 5.15. The number of rotatable bonds is 5. The average molecular weight is 515 g/mol. The van der Waals surface area contributed by atoms with Crippen LogP contribution in [-0.2, 0) is 9.47 Å². The quantitative estimate of drug-likeness (QED) is 0.216. The Kier molecular flexibility index (Phi) is 5.88. The largest absolute Gasteiger partial charge is 0.465 e. The predicted molar refractivity (Wildman–Crippen MR) is 147 cm³/mol. The van der Waals surface area contributed by atoms with E-state index >= 15 is 0 Å². The number of carbonyl (C=O) groups excluding carboxylic acids is 3. The van der Waals surface area contributed by atoms with Crippen LogP contribution in [0.3, 0.4) is 0 Å². The van der Waals surface area contributed by atoms with E-state index in [9.17, 15) is 14.4 Å². The van der Waals surface area contributed by atoms with Crippen molar-refractivity contribution >= 4 is 34.9 Å². The summed E-state index contributed by atoms with van der Waals surface area (Å²) in [5.74, 6) is -1.97. The molecule has 39 heavy (non-hydrogen) atoms. The lowest BCUT2D eigenvalue weighted by molar-refractivity contribution is 0.0556. The smallest absolute Gasteiger partial charge is 0.341 e. The standard InChI is InChI=1S/C32H22N2O5/c1-38-31(36)26-25-18-19(17-24-21-11-6-7-12-22(21)28-23(24)13-8-15-33-28)14-16-34(25)29(27(26)32(37)39-2)30(35)20-9-4-3-5-10-20/h3-18H,1-2H3. The number of aromatic nitrogens is 2. The lowest BCUT2D eigenvalue weighted by Crippen LogP contribution is -2.15. The summed E-state index contributed by atoms with van der Waals surface area (Å²) in [6, 6.07) is 24.1. The summed E-state index contributed by atoms with van der Waals surface area (Å²) < 4.78 is 11.6. The summed E-state index contributed by atoms with van der Waals surface area (Å²) in [6.45, 7) is 0. The molecule has 6 rings (SSSR count). The number of nitrogens with zero attached hydrogens (tertiary/aromatic N) is 2. The van der Waals surface area contributed by atoms with Crippen molar-refractivity contribution in [1.29, 1.82) is 0 Å². The highest BCUT2D eigenvalue weighted by atomic mass is 16.5. The lowest BCUT2D eigenvalue weighted by atomic mass is 10.0. The Morgan fingerprint density at radius 2 is 1.44 bits per heavy atom. The van der Waals surface area contributed by atoms with Crippen LogP contribution in [0.2, 0.25) is 0 Å². The number of carbonyl (C=O) groups is 3. The first-order chi connectivity index (χ1) is 19.0. The van der Waals surface area contributed by atoms with E-state index in [0.717, 1.165) is 33.5 Å². The van der Waals surface area contributed by atoms with Crippen molar-refractivity contribution < 1.29 is 23.9 Å². The molecule has 0 fully saturated rings. The van der Waals surface area contributed by atoms with Gasteiger partial charge >= 0.3 is 11.9 Å². The molecule has 7 nitrogen and oxygen atoms in total. The first-order valence-electron chi connectivity index (χ1n) is 12.2. The van der Waals surface area contributed by atoms with Gasteiger partial charge in [-0.05, 0) is 41.0 Å². The van der Waals surface area contributed by atoms with Crippen LogP contribution >= 0.6 is 0 Å². The van der Waals surface area contributed by atoms with E-state index in [1.165, 1.54) is 14.2 Å². The highest BCUT2D eigenvalue weighted by Gasteiger charge is 2.33. The van der Waals surface area contributed by atoms with Crippen LogP contribution in [0, 0.1) is 0 Å². The maximum atomic E-state index is 13.7. The van der Waals surface area contributed by atoms with Crippen molar-refractivity contribution in [3.05, 3.63) is 130 Å². The van der Waals surface area contributed by atoms with Crippen molar-refractivity contribution in [2.75, 3.05) is 14.2 Å². The van der Waals surface area contributed by atoms with Gasteiger partial charge in [-0.25, -0.2) is 9.59 Å². The third-order valence-electron chi connectivity index (χ3n) is 6.87. The number of methoxy groups -OCH3 is 2. The maximum absolute atomic E-state index is 13.7. The van der Waals surface area contributed by atoms with Crippen molar-refractivity contribution in [2.45, 2.75) is 0 Å². The van der Waals surface area contributed by atoms with Gasteiger partial charge in [-0.15, -0.1) is 0 Å². The van der Waals surface area contributed by atoms with E-state index in [4.69, 9.17) is 9.47 Å². The van der Waals surface area contributed by atoms with Crippen molar-refractivity contribution in [1.82, 2.24) is 9.38 Å². The van der Waals surface area contributed by atoms with Crippen molar-refractivity contribution in [2.24, 2.45) is 0 Å². The summed E-state index contributed by atoms with van der Waals surface area (Å²) in [5, 5.41) is 0. The van der Waals surface area contributed by atoms with Crippen LogP contribution in [0.15, 0.2) is 91.3 Å². The van der Waals surface area contributed by atoms with Gasteiger partial charge in [-0.3, -0.25) is 9.78 Å². The van der Waals surface area contributed by atoms with E-state index in [0.29, 0.717) is 11.1 Å². The second kappa shape index (κ2) is 9.54. The second-order valence-electron chi connectivity index (χ2n) is 9.00. The molecule has 0 atom stereocenters. The Balaban J connectivity index is 1.61. The predicted octanol–water partition coefficient (Wildman–Crippen LogP) is 5.71. The molecule has 1 aliphatic carbocycles. The molecule has 3 aromatic heterocycles. The summed E-state index contributed by atoms with van der Waals surface area (Å²) in [7, 11) is 2.44. The molecule has 0 aliphatic heterocycles. The average Bonchev–Trinajstić information content (AvgIpc) is 3.49. The third-order valence-corrected chi connectivity index (χ3v) is 6.87. The maximum Gasteiger partial charge on any atom is 0.341 e. The fourth-order valence-electron chi connectivity index (χ4n) is 5.15. The van der Waals surface area contributed by atoms with Gasteiger partial charge in [0, 0.05) is 29.1 Å². The summed E-state index contributed by atoms with van der Waals surface area (Å²) in [5.41, 5.74) is 6.33. The number of hydrogen-bond donors (Lipinski definition) is 0. The normalized spacial score (nSPS) is 12.7. The highest BCUT2D eigenvalue weighted by molar-refractivity contribution is 6.20. The number of hydrogen-bond acceptors (Lipinski definition) is 6. The van der Waals surface area contributed by atoms with Crippen LogP contribution < -0.4 is 0 Å². The number of ether oxygens (including phenoxy) is 2. The molecular weight excluding hydrogens is 492 g/mol. The molecule has 0 saturated heterocycles. The summed E-state index contributed by atoms with van der Waals surface area (Å²) in [6.07, 6.45) is 5.46. The Hall–Kier alpha value is -5.30. The number of benzene rings is 2. The first-order valence-corrected chi connectivity index (χ1v) is 12.2. The lowest BCUT2D eigenvalue weighted by Gasteiger charge is -2.07. The Labute approximate surface area is 224 Å². The van der Waals surface area contributed by atoms with Gasteiger partial charge in [0.2, 0.25) is 5.78 Å². The summed E-state index contributed by atoms with van der Waals surface area (Å²) >= 11 is 0. The van der Waals surface area contributed by atoms with E-state index in [2.05, 4.69) is 4.98 Å². The number of pyridine rings is 2. The Bertz CT molecular complexity index is 1790. The highest BCUT2D eigenvalue weighted by Crippen LogP contribution is 2.43. The molecule has 0 spiro atoms. The molecule has 0 unspecified atom stereocenters. The van der Waals surface area contributed by atoms with E-state index < -0.39 is 17.7 Å². The van der Waals surface area contributed by atoms with Crippen LogP contribution in [0.1, 0.15) is 53.5 Å². The molecule has 3 heterocycles. The molecule has 0 amide bonds. The van der Waals surface area contributed by atoms with Gasteiger partial charge in [0.1, 0.15) is 16.8 Å². The van der Waals surface area contributed by atoms with Gasteiger partial charge in [0.25, 0.3) is 0 Å². The van der Waals surface area contributed by atoms with Crippen LogP contribution in [-0.4, -0.2) is 41.3 Å². The topological polar surface area (TPSA) is 87.0 Å². The zero-order valence-corrected chi connectivity index (χ0v) is 21.2. The minimum atomic E-state index is -0.803. The molecule has 0 radical (unpaired) electrons. The zero-order valence-electron chi connectivity index (χ0n) is 21.2. The van der Waals surface area contributed by atoms with E-state index in [1.54, 1.807) is 53.2 Å². The Morgan fingerprint density at radius 1 is 0.769 bits per heavy atom. The van der Waals surface area contributed by atoms with Crippen LogP contribution in [0.4, 0.5) is 0 Å². The van der Waals surface area contributed by atoms with Crippen molar-refractivity contribution in [3.8, 4) is 11.3 Å². The van der Waals surface area contributed by atoms with Gasteiger partial charge in [0.05, 0.1) is 25.4 Å². The van der Waals surface area contributed by atoms with Gasteiger partial charge in [0.15, 0.2) is 0 Å². The zero-order chi connectivity index (χ0) is 27.1. The SMILES string of the molecule is COC(=O)c1c(C(=O)OC)c2cc(C=C3c4ccccc4-c4ncccc43)ccn2c1C(=O)c1ccccc1. The minimum absolute atomic E-state index is 0.0298. The van der Waals surface area contributed by atoms with E-state index in [-0.39, 0.29) is 16.8 Å². The van der Waals surface area contributed by atoms with Crippen molar-refractivity contribution in [3.63, 3.8) is 0 Å². The third kappa shape index (κ3) is 3.83. The molecule has 2 aromatic carbocycles.